The summed E-state index contributed by atoms with van der Waals surface area (Å²) in [6.45, 7) is 6.45. The van der Waals surface area contributed by atoms with E-state index in [-0.39, 0.29) is 5.91 Å². The zero-order valence-electron chi connectivity index (χ0n) is 12.1. The van der Waals surface area contributed by atoms with Gasteiger partial charge in [-0.1, -0.05) is 0 Å². The number of thiocarbonyl (C=S) groups is 1. The van der Waals surface area contributed by atoms with Crippen LogP contribution in [0.2, 0.25) is 0 Å². The fourth-order valence-electron chi connectivity index (χ4n) is 2.41. The first kappa shape index (κ1) is 14.5. The van der Waals surface area contributed by atoms with Crippen LogP contribution in [0.4, 0.5) is 0 Å². The lowest BCUT2D eigenvalue weighted by Crippen LogP contribution is -2.30. The van der Waals surface area contributed by atoms with Crippen LogP contribution in [0.1, 0.15) is 23.6 Å². The van der Waals surface area contributed by atoms with Gasteiger partial charge in [0.2, 0.25) is 0 Å². The van der Waals surface area contributed by atoms with Gasteiger partial charge >= 0.3 is 0 Å². The first-order chi connectivity index (χ1) is 9.47. The van der Waals surface area contributed by atoms with Crippen LogP contribution in [0.25, 0.3) is 6.08 Å². The summed E-state index contributed by atoms with van der Waals surface area (Å²) in [6.07, 6.45) is 1.82. The van der Waals surface area contributed by atoms with Crippen molar-refractivity contribution in [1.29, 1.82) is 0 Å². The lowest BCUT2D eigenvalue weighted by Gasteiger charge is -2.10. The van der Waals surface area contributed by atoms with Crippen LogP contribution in [0, 0.1) is 13.8 Å². The number of likely N-dealkylation sites (N-methyl/N-ethyl adjacent to an activating group) is 1. The van der Waals surface area contributed by atoms with Gasteiger partial charge in [0.25, 0.3) is 5.91 Å². The quantitative estimate of drug-likeness (QED) is 0.685. The first-order valence-electron chi connectivity index (χ1n) is 6.47. The number of nitrogens with zero attached hydrogens (tertiary/aromatic N) is 1. The third-order valence-corrected chi connectivity index (χ3v) is 3.60. The zero-order chi connectivity index (χ0) is 14.9. The topological polar surface area (TPSA) is 41.6 Å². The molecule has 4 nitrogen and oxygen atoms in total. The van der Waals surface area contributed by atoms with Crippen molar-refractivity contribution in [3.63, 3.8) is 0 Å². The molecule has 0 saturated carbocycles. The normalized spacial score (nSPS) is 16.8. The second kappa shape index (κ2) is 5.63. The predicted molar refractivity (Wildman–Crippen MR) is 83.6 cm³/mol. The van der Waals surface area contributed by atoms with Crippen molar-refractivity contribution in [2.75, 3.05) is 13.7 Å². The highest BCUT2D eigenvalue weighted by Crippen LogP contribution is 2.25. The van der Waals surface area contributed by atoms with Gasteiger partial charge in [0.05, 0.1) is 7.11 Å². The number of nitrogens with one attached hydrogen (secondary N) is 1. The maximum atomic E-state index is 12.1. The lowest BCUT2D eigenvalue weighted by molar-refractivity contribution is -0.122. The first-order valence-corrected chi connectivity index (χ1v) is 6.88. The molecule has 0 aromatic heterocycles. The highest BCUT2D eigenvalue weighted by molar-refractivity contribution is 7.80. The number of hydrogen-bond acceptors (Lipinski definition) is 3. The number of carbonyl (C=O) groups is 1. The fraction of sp³-hybridized carbons (Fsp3) is 0.333. The molecule has 2 rings (SSSR count). The van der Waals surface area contributed by atoms with Crippen LogP contribution in [-0.2, 0) is 4.79 Å². The number of rotatable bonds is 3. The Morgan fingerprint density at radius 1 is 1.35 bits per heavy atom. The Balaban J connectivity index is 2.37. The summed E-state index contributed by atoms with van der Waals surface area (Å²) in [7, 11) is 1.66. The highest BCUT2D eigenvalue weighted by Gasteiger charge is 2.28. The van der Waals surface area contributed by atoms with Crippen LogP contribution in [0.15, 0.2) is 17.8 Å². The van der Waals surface area contributed by atoms with Crippen molar-refractivity contribution in [3.05, 3.63) is 34.5 Å². The van der Waals surface area contributed by atoms with Gasteiger partial charge < -0.3 is 10.1 Å². The number of hydrogen-bond donors (Lipinski definition) is 1. The summed E-state index contributed by atoms with van der Waals surface area (Å²) in [4.78, 5) is 13.7. The van der Waals surface area contributed by atoms with E-state index in [0.717, 1.165) is 22.4 Å². The second-order valence-electron chi connectivity index (χ2n) is 4.73. The highest BCUT2D eigenvalue weighted by atomic mass is 32.1. The molecule has 0 bridgehead atoms. The fourth-order valence-corrected chi connectivity index (χ4v) is 2.74. The van der Waals surface area contributed by atoms with Crippen molar-refractivity contribution in [2.24, 2.45) is 0 Å². The number of methoxy groups -OCH3 is 1. The molecular weight excluding hydrogens is 272 g/mol. The maximum Gasteiger partial charge on any atom is 0.276 e. The minimum absolute atomic E-state index is 0.0800. The van der Waals surface area contributed by atoms with Gasteiger partial charge in [-0.15, -0.1) is 0 Å². The number of aryl methyl sites for hydroxylation is 2. The van der Waals surface area contributed by atoms with E-state index in [0.29, 0.717) is 17.4 Å². The van der Waals surface area contributed by atoms with Crippen LogP contribution < -0.4 is 10.1 Å². The Morgan fingerprint density at radius 3 is 2.40 bits per heavy atom. The third kappa shape index (κ3) is 2.54. The molecule has 1 aliphatic rings. The number of amides is 1. The van der Waals surface area contributed by atoms with Crippen LogP contribution in [0.3, 0.4) is 0 Å². The molecule has 1 fully saturated rings. The molecule has 1 aromatic rings. The van der Waals surface area contributed by atoms with E-state index >= 15 is 0 Å². The van der Waals surface area contributed by atoms with E-state index in [9.17, 15) is 4.79 Å². The molecule has 1 aromatic carbocycles. The monoisotopic (exact) mass is 290 g/mol. The van der Waals surface area contributed by atoms with Crippen molar-refractivity contribution in [1.82, 2.24) is 10.2 Å². The van der Waals surface area contributed by atoms with Crippen molar-refractivity contribution < 1.29 is 9.53 Å². The van der Waals surface area contributed by atoms with Gasteiger partial charge in [0.1, 0.15) is 11.4 Å². The molecule has 1 amide bonds. The van der Waals surface area contributed by atoms with Crippen LogP contribution in [0.5, 0.6) is 5.75 Å². The molecule has 1 saturated heterocycles. The van der Waals surface area contributed by atoms with E-state index in [2.05, 4.69) is 5.32 Å². The SMILES string of the molecule is CCN1C(=O)/C(=C/c2cc(C)c(OC)c(C)c2)NC1=S. The molecule has 1 heterocycles. The van der Waals surface area contributed by atoms with Gasteiger partial charge in [-0.05, 0) is 67.9 Å². The molecule has 106 valence electrons. The van der Waals surface area contributed by atoms with Gasteiger partial charge in [-0.2, -0.15) is 0 Å². The Morgan fingerprint density at radius 2 is 1.95 bits per heavy atom. The predicted octanol–water partition coefficient (Wildman–Crippen LogP) is 2.39. The molecule has 1 N–H and O–H groups in total. The molecule has 5 heteroatoms. The number of carbonyl (C=O) groups excluding carboxylic acids is 1. The smallest absolute Gasteiger partial charge is 0.276 e. The van der Waals surface area contributed by atoms with E-state index in [4.69, 9.17) is 17.0 Å². The van der Waals surface area contributed by atoms with Crippen LogP contribution in [-0.4, -0.2) is 29.6 Å². The van der Waals surface area contributed by atoms with E-state index in [1.54, 1.807) is 12.0 Å². The molecule has 20 heavy (non-hydrogen) atoms. The Labute approximate surface area is 124 Å². The molecule has 0 unspecified atom stereocenters. The average Bonchev–Trinajstić information content (AvgIpc) is 2.63. The number of ether oxygens (including phenoxy) is 1. The largest absolute Gasteiger partial charge is 0.496 e. The second-order valence-corrected chi connectivity index (χ2v) is 5.11. The minimum Gasteiger partial charge on any atom is -0.496 e. The van der Waals surface area contributed by atoms with E-state index in [1.165, 1.54) is 0 Å². The summed E-state index contributed by atoms with van der Waals surface area (Å²) in [5.41, 5.74) is 3.55. The van der Waals surface area contributed by atoms with Crippen LogP contribution >= 0.6 is 12.2 Å². The van der Waals surface area contributed by atoms with Gasteiger partial charge in [0, 0.05) is 6.54 Å². The summed E-state index contributed by atoms with van der Waals surface area (Å²) >= 11 is 5.13. The Kier molecular flexibility index (Phi) is 4.09. The summed E-state index contributed by atoms with van der Waals surface area (Å²) < 4.78 is 5.34. The summed E-state index contributed by atoms with van der Waals surface area (Å²) in [5.74, 6) is 0.798. The Bertz CT molecular complexity index is 585. The van der Waals surface area contributed by atoms with Crippen molar-refractivity contribution >= 4 is 29.3 Å². The van der Waals surface area contributed by atoms with E-state index < -0.39 is 0 Å². The zero-order valence-corrected chi connectivity index (χ0v) is 12.9. The molecule has 0 aliphatic carbocycles. The third-order valence-electron chi connectivity index (χ3n) is 3.28. The molecule has 0 spiro atoms. The van der Waals surface area contributed by atoms with Crippen molar-refractivity contribution in [2.45, 2.75) is 20.8 Å². The standard InChI is InChI=1S/C15H18N2O2S/c1-5-17-14(18)12(16-15(17)20)8-11-6-9(2)13(19-4)10(3)7-11/h6-8H,5H2,1-4H3,(H,16,20)/b12-8-. The minimum atomic E-state index is -0.0800. The van der Waals surface area contributed by atoms with Crippen molar-refractivity contribution in [3.8, 4) is 5.75 Å². The molecule has 0 atom stereocenters. The van der Waals surface area contributed by atoms with E-state index in [1.807, 2.05) is 39.0 Å². The number of benzene rings is 1. The molecule has 0 radical (unpaired) electrons. The molecular formula is C15H18N2O2S. The summed E-state index contributed by atoms with van der Waals surface area (Å²) in [5, 5.41) is 3.42. The average molecular weight is 290 g/mol. The Hall–Kier alpha value is -1.88. The molecule has 1 aliphatic heterocycles. The maximum absolute atomic E-state index is 12.1. The van der Waals surface area contributed by atoms with Gasteiger partial charge in [-0.25, -0.2) is 0 Å². The van der Waals surface area contributed by atoms with Gasteiger partial charge in [-0.3, -0.25) is 9.69 Å². The lowest BCUT2D eigenvalue weighted by atomic mass is 10.0. The van der Waals surface area contributed by atoms with Gasteiger partial charge in [0.15, 0.2) is 5.11 Å². The summed E-state index contributed by atoms with van der Waals surface area (Å²) in [6, 6.07) is 3.98.